The lowest BCUT2D eigenvalue weighted by Gasteiger charge is -2.18. The second kappa shape index (κ2) is 5.56. The Bertz CT molecular complexity index is 355. The minimum absolute atomic E-state index is 0.142. The molecule has 1 fully saturated rings. The first kappa shape index (κ1) is 12.5. The number of hydrogen-bond donors (Lipinski definition) is 1. The molecule has 0 aliphatic carbocycles. The molecule has 0 bridgehead atoms. The van der Waals surface area contributed by atoms with Crippen molar-refractivity contribution in [2.45, 2.75) is 32.4 Å². The Labute approximate surface area is 101 Å². The van der Waals surface area contributed by atoms with Gasteiger partial charge in [-0.15, -0.1) is 0 Å². The van der Waals surface area contributed by atoms with Crippen LogP contribution in [0.4, 0.5) is 4.39 Å². The number of rotatable bonds is 4. The van der Waals surface area contributed by atoms with Gasteiger partial charge in [0.1, 0.15) is 5.82 Å². The molecular weight excluding hydrogens is 219 g/mol. The molecule has 0 radical (unpaired) electrons. The maximum absolute atomic E-state index is 12.7. The highest BCUT2D eigenvalue weighted by Gasteiger charge is 2.24. The third kappa shape index (κ3) is 3.23. The van der Waals surface area contributed by atoms with Gasteiger partial charge < -0.3 is 10.1 Å². The van der Waals surface area contributed by atoms with E-state index >= 15 is 0 Å². The van der Waals surface area contributed by atoms with Gasteiger partial charge in [0.15, 0.2) is 0 Å². The van der Waals surface area contributed by atoms with Crippen LogP contribution >= 0.6 is 0 Å². The fraction of sp³-hybridized carbons (Fsp3) is 0.615. The van der Waals surface area contributed by atoms with E-state index in [9.17, 15) is 4.39 Å². The summed E-state index contributed by atoms with van der Waals surface area (Å²) in [6.45, 7) is 5.93. The van der Waals surface area contributed by atoms with Crippen molar-refractivity contribution in [3.05, 3.63) is 29.8 Å². The Morgan fingerprint density at radius 2 is 2.41 bits per heavy atom. The number of nitrogens with zero attached hydrogens (tertiary/aromatic N) is 1. The van der Waals surface area contributed by atoms with Gasteiger partial charge in [0.2, 0.25) is 0 Å². The number of aromatic nitrogens is 1. The van der Waals surface area contributed by atoms with Crippen molar-refractivity contribution in [1.29, 1.82) is 0 Å². The van der Waals surface area contributed by atoms with Gasteiger partial charge in [0.05, 0.1) is 18.0 Å². The molecular formula is C13H19FN2O. The van der Waals surface area contributed by atoms with E-state index in [-0.39, 0.29) is 11.9 Å². The van der Waals surface area contributed by atoms with Crippen molar-refractivity contribution in [3.8, 4) is 0 Å². The number of hydrogen-bond acceptors (Lipinski definition) is 3. The van der Waals surface area contributed by atoms with Gasteiger partial charge in [-0.2, -0.15) is 0 Å². The first-order valence-electron chi connectivity index (χ1n) is 6.13. The molecule has 2 heterocycles. The molecule has 3 atom stereocenters. The molecule has 17 heavy (non-hydrogen) atoms. The fourth-order valence-electron chi connectivity index (χ4n) is 2.12. The zero-order chi connectivity index (χ0) is 12.3. The van der Waals surface area contributed by atoms with Gasteiger partial charge in [-0.1, -0.05) is 0 Å². The predicted octanol–water partition coefficient (Wildman–Crippen LogP) is 2.30. The first-order chi connectivity index (χ1) is 8.16. The van der Waals surface area contributed by atoms with Crippen LogP contribution < -0.4 is 5.32 Å². The van der Waals surface area contributed by atoms with Gasteiger partial charge in [0.25, 0.3) is 0 Å². The Kier molecular flexibility index (Phi) is 4.07. The summed E-state index contributed by atoms with van der Waals surface area (Å²) in [4.78, 5) is 4.07. The van der Waals surface area contributed by atoms with Gasteiger partial charge in [0, 0.05) is 19.2 Å². The highest BCUT2D eigenvalue weighted by Crippen LogP contribution is 2.20. The Balaban J connectivity index is 1.84. The monoisotopic (exact) mass is 238 g/mol. The highest BCUT2D eigenvalue weighted by molar-refractivity contribution is 5.08. The van der Waals surface area contributed by atoms with Gasteiger partial charge >= 0.3 is 0 Å². The van der Waals surface area contributed by atoms with Crippen LogP contribution in [-0.2, 0) is 4.74 Å². The van der Waals surface area contributed by atoms with E-state index in [4.69, 9.17) is 4.74 Å². The minimum atomic E-state index is -0.293. The molecule has 1 saturated heterocycles. The lowest BCUT2D eigenvalue weighted by atomic mass is 10.0. The summed E-state index contributed by atoms with van der Waals surface area (Å²) in [6, 6.07) is 3.31. The van der Waals surface area contributed by atoms with Crippen LogP contribution in [0.1, 0.15) is 32.0 Å². The Morgan fingerprint density at radius 1 is 1.59 bits per heavy atom. The third-order valence-corrected chi connectivity index (χ3v) is 3.41. The fourth-order valence-corrected chi connectivity index (χ4v) is 2.12. The molecule has 3 nitrogen and oxygen atoms in total. The largest absolute Gasteiger partial charge is 0.378 e. The quantitative estimate of drug-likeness (QED) is 0.874. The van der Waals surface area contributed by atoms with Crippen LogP contribution in [0.3, 0.4) is 0 Å². The van der Waals surface area contributed by atoms with Crippen LogP contribution in [-0.4, -0.2) is 24.2 Å². The van der Waals surface area contributed by atoms with E-state index in [1.54, 1.807) is 6.07 Å². The van der Waals surface area contributed by atoms with Crippen LogP contribution in [0.2, 0.25) is 0 Å². The first-order valence-corrected chi connectivity index (χ1v) is 6.13. The molecule has 0 amide bonds. The average molecular weight is 238 g/mol. The summed E-state index contributed by atoms with van der Waals surface area (Å²) >= 11 is 0. The van der Waals surface area contributed by atoms with Gasteiger partial charge in [-0.05, 0) is 38.3 Å². The summed E-state index contributed by atoms with van der Waals surface area (Å²) in [5, 5.41) is 3.43. The molecule has 0 saturated carbocycles. The maximum Gasteiger partial charge on any atom is 0.141 e. The van der Waals surface area contributed by atoms with Crippen LogP contribution in [0.25, 0.3) is 0 Å². The van der Waals surface area contributed by atoms with E-state index < -0.39 is 0 Å². The van der Waals surface area contributed by atoms with E-state index in [1.807, 2.05) is 6.92 Å². The molecule has 4 heteroatoms. The minimum Gasteiger partial charge on any atom is -0.378 e. The van der Waals surface area contributed by atoms with Crippen molar-refractivity contribution in [2.24, 2.45) is 5.92 Å². The molecule has 2 rings (SSSR count). The van der Waals surface area contributed by atoms with Gasteiger partial charge in [-0.3, -0.25) is 4.98 Å². The summed E-state index contributed by atoms with van der Waals surface area (Å²) in [5.41, 5.74) is 0.873. The van der Waals surface area contributed by atoms with Crippen molar-refractivity contribution in [3.63, 3.8) is 0 Å². The van der Waals surface area contributed by atoms with Crippen LogP contribution in [0.5, 0.6) is 0 Å². The zero-order valence-electron chi connectivity index (χ0n) is 10.3. The Morgan fingerprint density at radius 3 is 3.00 bits per heavy atom. The molecule has 0 spiro atoms. The second-order valence-electron chi connectivity index (χ2n) is 4.66. The summed E-state index contributed by atoms with van der Waals surface area (Å²) in [7, 11) is 0. The van der Waals surface area contributed by atoms with Crippen molar-refractivity contribution >= 4 is 0 Å². The van der Waals surface area contributed by atoms with Crippen LogP contribution in [0, 0.1) is 11.7 Å². The van der Waals surface area contributed by atoms with E-state index in [1.165, 1.54) is 12.3 Å². The molecule has 3 unspecified atom stereocenters. The zero-order valence-corrected chi connectivity index (χ0v) is 10.3. The average Bonchev–Trinajstić information content (AvgIpc) is 2.73. The van der Waals surface area contributed by atoms with Crippen molar-refractivity contribution in [2.75, 3.05) is 13.2 Å². The maximum atomic E-state index is 12.7. The van der Waals surface area contributed by atoms with E-state index in [0.29, 0.717) is 12.0 Å². The molecule has 1 aromatic heterocycles. The second-order valence-corrected chi connectivity index (χ2v) is 4.66. The number of halogens is 1. The normalized spacial score (nSPS) is 26.1. The SMILES string of the molecule is CC(NCC1CCOC1C)c1ccc(F)cn1. The van der Waals surface area contributed by atoms with E-state index in [2.05, 4.69) is 17.2 Å². The Hall–Kier alpha value is -1.00. The smallest absolute Gasteiger partial charge is 0.141 e. The molecule has 1 aliphatic heterocycles. The lowest BCUT2D eigenvalue weighted by Crippen LogP contribution is -2.29. The lowest BCUT2D eigenvalue weighted by molar-refractivity contribution is 0.105. The number of ether oxygens (including phenoxy) is 1. The van der Waals surface area contributed by atoms with Gasteiger partial charge in [-0.25, -0.2) is 4.39 Å². The predicted molar refractivity (Wildman–Crippen MR) is 64.1 cm³/mol. The molecule has 1 aromatic rings. The molecule has 94 valence electrons. The van der Waals surface area contributed by atoms with Crippen molar-refractivity contribution < 1.29 is 9.13 Å². The summed E-state index contributed by atoms with van der Waals surface area (Å²) < 4.78 is 18.2. The third-order valence-electron chi connectivity index (χ3n) is 3.41. The summed E-state index contributed by atoms with van der Waals surface area (Å²) in [6.07, 6.45) is 2.70. The van der Waals surface area contributed by atoms with Crippen LogP contribution in [0.15, 0.2) is 18.3 Å². The summed E-state index contributed by atoms with van der Waals surface area (Å²) in [5.74, 6) is 0.275. The molecule has 0 aromatic carbocycles. The number of pyridine rings is 1. The van der Waals surface area contributed by atoms with Crippen molar-refractivity contribution in [1.82, 2.24) is 10.3 Å². The molecule has 1 aliphatic rings. The van der Waals surface area contributed by atoms with E-state index in [0.717, 1.165) is 25.3 Å². The number of nitrogens with one attached hydrogen (secondary N) is 1. The topological polar surface area (TPSA) is 34.1 Å². The highest BCUT2D eigenvalue weighted by atomic mass is 19.1. The molecule has 1 N–H and O–H groups in total. The standard InChI is InChI=1S/C13H19FN2O/c1-9(13-4-3-12(14)8-16-13)15-7-11-5-6-17-10(11)2/h3-4,8-11,15H,5-7H2,1-2H3.